The molecule has 1 fully saturated rings. The maximum atomic E-state index is 4.16. The second kappa shape index (κ2) is 4.15. The highest BCUT2D eigenvalue weighted by atomic mass is 14.4. The van der Waals surface area contributed by atoms with Crippen LogP contribution in [0.25, 0.3) is 0 Å². The fraction of sp³-hybridized carbons (Fsp3) is 0.733. The van der Waals surface area contributed by atoms with E-state index in [9.17, 15) is 0 Å². The Hall–Kier alpha value is -0.520. The summed E-state index contributed by atoms with van der Waals surface area (Å²) >= 11 is 0. The molecule has 0 nitrogen and oxygen atoms in total. The second-order valence-electron chi connectivity index (χ2n) is 6.21. The molecule has 0 amide bonds. The molecule has 0 aromatic heterocycles. The summed E-state index contributed by atoms with van der Waals surface area (Å²) < 4.78 is 0. The quantitative estimate of drug-likeness (QED) is 0.568. The van der Waals surface area contributed by atoms with Crippen LogP contribution in [0, 0.1) is 23.2 Å². The lowest BCUT2D eigenvalue weighted by molar-refractivity contribution is 0.0785. The minimum Gasteiger partial charge on any atom is -0.0999 e. The lowest BCUT2D eigenvalue weighted by Crippen LogP contribution is -2.37. The summed E-state index contributed by atoms with van der Waals surface area (Å²) in [6, 6.07) is 0. The van der Waals surface area contributed by atoms with Gasteiger partial charge in [-0.25, -0.2) is 0 Å². The predicted molar refractivity (Wildman–Crippen MR) is 68.8 cm³/mol. The molecule has 0 spiro atoms. The van der Waals surface area contributed by atoms with Crippen LogP contribution in [0.15, 0.2) is 24.3 Å². The van der Waals surface area contributed by atoms with Crippen molar-refractivity contribution in [3.05, 3.63) is 24.3 Å². The van der Waals surface area contributed by atoms with Gasteiger partial charge < -0.3 is 0 Å². The summed E-state index contributed by atoms with van der Waals surface area (Å²) in [6.07, 6.45) is 2.54. The molecule has 1 aliphatic carbocycles. The van der Waals surface area contributed by atoms with Gasteiger partial charge in [0.25, 0.3) is 0 Å². The molecule has 1 aliphatic rings. The summed E-state index contributed by atoms with van der Waals surface area (Å²) in [4.78, 5) is 0. The number of allylic oxidation sites excluding steroid dienone is 2. The first-order chi connectivity index (χ1) is 6.75. The topological polar surface area (TPSA) is 0 Å². The van der Waals surface area contributed by atoms with E-state index in [0.717, 1.165) is 5.92 Å². The number of hydrogen-bond acceptors (Lipinski definition) is 0. The smallest absolute Gasteiger partial charge is 0.0172 e. The Bertz CT molecular complexity index is 270. The third kappa shape index (κ3) is 2.53. The van der Waals surface area contributed by atoms with Crippen LogP contribution in [0.2, 0.25) is 0 Å². The van der Waals surface area contributed by atoms with Crippen molar-refractivity contribution in [2.45, 2.75) is 47.5 Å². The molecule has 0 saturated heterocycles. The maximum Gasteiger partial charge on any atom is -0.0172 e. The Morgan fingerprint density at radius 3 is 2.07 bits per heavy atom. The molecule has 0 aromatic carbocycles. The van der Waals surface area contributed by atoms with Gasteiger partial charge in [-0.15, -0.1) is 0 Å². The molecule has 0 heterocycles. The van der Waals surface area contributed by atoms with Crippen molar-refractivity contribution in [1.82, 2.24) is 0 Å². The Kier molecular flexibility index (Phi) is 3.48. The summed E-state index contributed by atoms with van der Waals surface area (Å²) in [5.41, 5.74) is 3.12. The summed E-state index contributed by atoms with van der Waals surface area (Å²) in [7, 11) is 0. The third-order valence-corrected chi connectivity index (χ3v) is 4.48. The molecule has 0 heteroatoms. The van der Waals surface area contributed by atoms with Gasteiger partial charge in [0.2, 0.25) is 0 Å². The highest BCUT2D eigenvalue weighted by Crippen LogP contribution is 2.49. The Balaban J connectivity index is 2.91. The third-order valence-electron chi connectivity index (χ3n) is 4.48. The van der Waals surface area contributed by atoms with E-state index < -0.39 is 0 Å². The van der Waals surface area contributed by atoms with Gasteiger partial charge in [0.15, 0.2) is 0 Å². The van der Waals surface area contributed by atoms with Gasteiger partial charge in [0.05, 0.1) is 0 Å². The zero-order chi connectivity index (χ0) is 11.8. The Labute approximate surface area is 95.5 Å². The van der Waals surface area contributed by atoms with Crippen LogP contribution in [0.1, 0.15) is 47.5 Å². The predicted octanol–water partition coefficient (Wildman–Crippen LogP) is 4.83. The van der Waals surface area contributed by atoms with Crippen LogP contribution in [-0.2, 0) is 0 Å². The summed E-state index contributed by atoms with van der Waals surface area (Å²) in [6.45, 7) is 19.8. The molecule has 0 aliphatic heterocycles. The van der Waals surface area contributed by atoms with Gasteiger partial charge in [-0.2, -0.15) is 0 Å². The molecule has 0 radical (unpaired) electrons. The molecule has 15 heavy (non-hydrogen) atoms. The maximum absolute atomic E-state index is 4.16. The first kappa shape index (κ1) is 12.5. The van der Waals surface area contributed by atoms with Gasteiger partial charge in [-0.3, -0.25) is 0 Å². The van der Waals surface area contributed by atoms with Crippen molar-refractivity contribution in [3.8, 4) is 0 Å². The summed E-state index contributed by atoms with van der Waals surface area (Å²) in [5, 5.41) is 0. The monoisotopic (exact) mass is 206 g/mol. The highest BCUT2D eigenvalue weighted by molar-refractivity contribution is 5.10. The van der Waals surface area contributed by atoms with E-state index in [2.05, 4.69) is 47.8 Å². The van der Waals surface area contributed by atoms with Crippen LogP contribution < -0.4 is 0 Å². The largest absolute Gasteiger partial charge is 0.0999 e. The zero-order valence-electron chi connectivity index (χ0n) is 11.1. The van der Waals surface area contributed by atoms with Gasteiger partial charge in [0, 0.05) is 0 Å². The standard InChI is InChI=1S/C15H26/c1-10(2)13-8-14(11(3)4)12(5)15(6,7)9-13/h12-14H,1,3,8-9H2,2,4-7H3/t12-,13-,14+/m1/s1. The minimum atomic E-state index is 0.422. The lowest BCUT2D eigenvalue weighted by atomic mass is 9.58. The summed E-state index contributed by atoms with van der Waals surface area (Å²) in [5.74, 6) is 2.11. The first-order valence-corrected chi connectivity index (χ1v) is 6.06. The molecule has 0 unspecified atom stereocenters. The molecule has 3 atom stereocenters. The van der Waals surface area contributed by atoms with Gasteiger partial charge in [-0.05, 0) is 49.9 Å². The molecule has 86 valence electrons. The van der Waals surface area contributed by atoms with E-state index in [1.54, 1.807) is 0 Å². The zero-order valence-corrected chi connectivity index (χ0v) is 11.1. The van der Waals surface area contributed by atoms with Crippen LogP contribution in [0.3, 0.4) is 0 Å². The van der Waals surface area contributed by atoms with E-state index >= 15 is 0 Å². The van der Waals surface area contributed by atoms with Crippen LogP contribution in [0.5, 0.6) is 0 Å². The van der Waals surface area contributed by atoms with E-state index in [4.69, 9.17) is 0 Å². The Morgan fingerprint density at radius 2 is 1.67 bits per heavy atom. The van der Waals surface area contributed by atoms with E-state index in [0.29, 0.717) is 17.3 Å². The molecular formula is C15H26. The highest BCUT2D eigenvalue weighted by Gasteiger charge is 2.40. The van der Waals surface area contributed by atoms with Crippen molar-refractivity contribution < 1.29 is 0 Å². The molecule has 0 bridgehead atoms. The van der Waals surface area contributed by atoms with Crippen LogP contribution in [-0.4, -0.2) is 0 Å². The fourth-order valence-corrected chi connectivity index (χ4v) is 2.96. The Morgan fingerprint density at radius 1 is 1.13 bits per heavy atom. The van der Waals surface area contributed by atoms with Crippen molar-refractivity contribution in [2.75, 3.05) is 0 Å². The molecule has 1 rings (SSSR count). The van der Waals surface area contributed by atoms with Crippen LogP contribution >= 0.6 is 0 Å². The van der Waals surface area contributed by atoms with Crippen LogP contribution in [0.4, 0.5) is 0 Å². The minimum absolute atomic E-state index is 0.422. The van der Waals surface area contributed by atoms with E-state index in [1.807, 2.05) is 0 Å². The second-order valence-corrected chi connectivity index (χ2v) is 6.21. The fourth-order valence-electron chi connectivity index (χ4n) is 2.96. The molecule has 0 N–H and O–H groups in total. The van der Waals surface area contributed by atoms with E-state index in [1.165, 1.54) is 24.0 Å². The molecule has 1 saturated carbocycles. The molecular weight excluding hydrogens is 180 g/mol. The van der Waals surface area contributed by atoms with Gasteiger partial charge in [0.1, 0.15) is 0 Å². The molecule has 0 aromatic rings. The van der Waals surface area contributed by atoms with Crippen molar-refractivity contribution in [3.63, 3.8) is 0 Å². The van der Waals surface area contributed by atoms with E-state index in [-0.39, 0.29) is 0 Å². The van der Waals surface area contributed by atoms with Crippen molar-refractivity contribution in [1.29, 1.82) is 0 Å². The number of rotatable bonds is 2. The first-order valence-electron chi connectivity index (χ1n) is 6.06. The average Bonchev–Trinajstić information content (AvgIpc) is 2.08. The van der Waals surface area contributed by atoms with Crippen molar-refractivity contribution in [2.24, 2.45) is 23.2 Å². The van der Waals surface area contributed by atoms with Gasteiger partial charge in [-0.1, -0.05) is 45.1 Å². The lowest BCUT2D eigenvalue weighted by Gasteiger charge is -2.46. The normalized spacial score (nSPS) is 34.9. The van der Waals surface area contributed by atoms with Crippen molar-refractivity contribution >= 4 is 0 Å². The average molecular weight is 206 g/mol. The number of hydrogen-bond donors (Lipinski definition) is 0. The SMILES string of the molecule is C=C(C)[C@@H]1C[C@@H](C(=C)C)[C@@H](C)C(C)(C)C1. The van der Waals surface area contributed by atoms with Gasteiger partial charge >= 0.3 is 0 Å².